The lowest BCUT2D eigenvalue weighted by atomic mass is 10.1. The minimum absolute atomic E-state index is 0.200. The van der Waals surface area contributed by atoms with E-state index in [1.165, 1.54) is 6.07 Å². The van der Waals surface area contributed by atoms with Gasteiger partial charge in [-0.3, -0.25) is 0 Å². The number of nitrogens with one attached hydrogen (secondary N) is 2. The molecule has 0 heterocycles. The molecule has 2 aromatic carbocycles. The van der Waals surface area contributed by atoms with Crippen LogP contribution in [0.4, 0.5) is 4.39 Å². The third-order valence-corrected chi connectivity index (χ3v) is 3.94. The van der Waals surface area contributed by atoms with Crippen molar-refractivity contribution < 1.29 is 13.9 Å². The van der Waals surface area contributed by atoms with Crippen LogP contribution in [0.1, 0.15) is 23.6 Å². The van der Waals surface area contributed by atoms with Crippen molar-refractivity contribution in [3.05, 3.63) is 65.0 Å². The van der Waals surface area contributed by atoms with Crippen molar-refractivity contribution >= 4 is 5.96 Å². The molecule has 2 rings (SSSR count). The Morgan fingerprint density at radius 2 is 1.78 bits per heavy atom. The van der Waals surface area contributed by atoms with E-state index in [-0.39, 0.29) is 5.82 Å². The van der Waals surface area contributed by atoms with Crippen LogP contribution in [0, 0.1) is 12.7 Å². The maximum Gasteiger partial charge on any atom is 0.191 e. The molecule has 0 amide bonds. The predicted octanol–water partition coefficient (Wildman–Crippen LogP) is 3.41. The molecule has 2 N–H and O–H groups in total. The molecule has 2 aromatic rings. The molecule has 0 atom stereocenters. The van der Waals surface area contributed by atoms with Gasteiger partial charge in [0.1, 0.15) is 18.2 Å². The van der Waals surface area contributed by atoms with Crippen molar-refractivity contribution in [1.29, 1.82) is 0 Å². The van der Waals surface area contributed by atoms with Crippen molar-refractivity contribution in [3.63, 3.8) is 0 Å². The minimum atomic E-state index is -0.200. The van der Waals surface area contributed by atoms with E-state index in [9.17, 15) is 4.39 Å². The first-order valence-electron chi connectivity index (χ1n) is 9.10. The highest BCUT2D eigenvalue weighted by molar-refractivity contribution is 5.79. The zero-order valence-electron chi connectivity index (χ0n) is 16.2. The molecule has 0 aliphatic rings. The highest BCUT2D eigenvalue weighted by Crippen LogP contribution is 2.12. The van der Waals surface area contributed by atoms with Gasteiger partial charge in [-0.2, -0.15) is 0 Å². The molecule has 27 heavy (non-hydrogen) atoms. The maximum absolute atomic E-state index is 13.7. The Morgan fingerprint density at radius 3 is 2.44 bits per heavy atom. The Hall–Kier alpha value is -2.60. The molecule has 0 unspecified atom stereocenters. The van der Waals surface area contributed by atoms with Crippen LogP contribution in [0.5, 0.6) is 5.75 Å². The van der Waals surface area contributed by atoms with Crippen LogP contribution in [-0.2, 0) is 17.8 Å². The molecule has 0 radical (unpaired) electrons. The summed E-state index contributed by atoms with van der Waals surface area (Å²) in [4.78, 5) is 4.53. The van der Waals surface area contributed by atoms with Gasteiger partial charge in [0, 0.05) is 20.2 Å². The van der Waals surface area contributed by atoms with Gasteiger partial charge in [-0.05, 0) is 48.7 Å². The largest absolute Gasteiger partial charge is 0.491 e. The summed E-state index contributed by atoms with van der Waals surface area (Å²) in [6, 6.07) is 13.1. The van der Waals surface area contributed by atoms with E-state index >= 15 is 0 Å². The van der Waals surface area contributed by atoms with Crippen LogP contribution < -0.4 is 15.4 Å². The quantitative estimate of drug-likeness (QED) is 0.402. The molecule has 6 heteroatoms. The lowest BCUT2D eigenvalue weighted by molar-refractivity contribution is 0.146. The molecule has 0 aliphatic carbocycles. The van der Waals surface area contributed by atoms with Gasteiger partial charge < -0.3 is 20.1 Å². The smallest absolute Gasteiger partial charge is 0.191 e. The number of methoxy groups -OCH3 is 1. The Labute approximate surface area is 160 Å². The first-order chi connectivity index (χ1) is 13.1. The van der Waals surface area contributed by atoms with Gasteiger partial charge in [0.05, 0.1) is 13.2 Å². The second-order valence-electron chi connectivity index (χ2n) is 6.12. The molecule has 0 fully saturated rings. The first-order valence-corrected chi connectivity index (χ1v) is 9.10. The third-order valence-electron chi connectivity index (χ3n) is 3.94. The lowest BCUT2D eigenvalue weighted by Crippen LogP contribution is -2.36. The van der Waals surface area contributed by atoms with Crippen molar-refractivity contribution in [1.82, 2.24) is 10.6 Å². The molecule has 5 nitrogen and oxygen atoms in total. The lowest BCUT2D eigenvalue weighted by Gasteiger charge is -2.12. The second-order valence-corrected chi connectivity index (χ2v) is 6.12. The van der Waals surface area contributed by atoms with E-state index in [1.54, 1.807) is 20.1 Å². The van der Waals surface area contributed by atoms with Crippen LogP contribution in [0.2, 0.25) is 0 Å². The van der Waals surface area contributed by atoms with Crippen LogP contribution in [0.15, 0.2) is 47.5 Å². The highest BCUT2D eigenvalue weighted by Gasteiger charge is 2.02. The van der Waals surface area contributed by atoms with E-state index in [0.29, 0.717) is 37.8 Å². The fourth-order valence-electron chi connectivity index (χ4n) is 2.38. The monoisotopic (exact) mass is 373 g/mol. The van der Waals surface area contributed by atoms with Crippen molar-refractivity contribution in [3.8, 4) is 5.75 Å². The van der Waals surface area contributed by atoms with E-state index < -0.39 is 0 Å². The molecular weight excluding hydrogens is 345 g/mol. The molecule has 0 spiro atoms. The normalized spacial score (nSPS) is 11.3. The summed E-state index contributed by atoms with van der Waals surface area (Å²) < 4.78 is 24.2. The summed E-state index contributed by atoms with van der Waals surface area (Å²) in [6.07, 6.45) is 0. The maximum atomic E-state index is 13.7. The Balaban J connectivity index is 1.90. The molecule has 0 bridgehead atoms. The Bertz CT molecular complexity index is 733. The Morgan fingerprint density at radius 1 is 1.04 bits per heavy atom. The zero-order chi connectivity index (χ0) is 19.5. The number of hydrogen-bond acceptors (Lipinski definition) is 3. The standard InChI is InChI=1S/C21H28FN3O2/c1-4-23-21(25-15-18-6-5-16(2)20(22)13-18)24-14-17-7-9-19(10-8-17)27-12-11-26-3/h5-10,13H,4,11-12,14-15H2,1-3H3,(H2,23,24,25). The third kappa shape index (κ3) is 7.27. The SMILES string of the molecule is CCNC(=NCc1ccc(C)c(F)c1)NCc1ccc(OCCOC)cc1. The topological polar surface area (TPSA) is 54.9 Å². The van der Waals surface area contributed by atoms with Gasteiger partial charge in [0.25, 0.3) is 0 Å². The number of benzene rings is 2. The van der Waals surface area contributed by atoms with Crippen LogP contribution in [0.3, 0.4) is 0 Å². The zero-order valence-corrected chi connectivity index (χ0v) is 16.2. The molecule has 0 aromatic heterocycles. The van der Waals surface area contributed by atoms with Gasteiger partial charge in [-0.1, -0.05) is 24.3 Å². The number of aryl methyl sites for hydroxylation is 1. The molecular formula is C21H28FN3O2. The number of nitrogens with zero attached hydrogens (tertiary/aromatic N) is 1. The summed E-state index contributed by atoms with van der Waals surface area (Å²) in [5, 5.41) is 6.49. The summed E-state index contributed by atoms with van der Waals surface area (Å²) >= 11 is 0. The predicted molar refractivity (Wildman–Crippen MR) is 107 cm³/mol. The second kappa shape index (κ2) is 11.2. The fourth-order valence-corrected chi connectivity index (χ4v) is 2.38. The van der Waals surface area contributed by atoms with E-state index in [4.69, 9.17) is 9.47 Å². The highest BCUT2D eigenvalue weighted by atomic mass is 19.1. The number of rotatable bonds is 9. The molecule has 0 aliphatic heterocycles. The van der Waals surface area contributed by atoms with Crippen molar-refractivity contribution in [2.75, 3.05) is 26.9 Å². The minimum Gasteiger partial charge on any atom is -0.491 e. The number of guanidine groups is 1. The molecule has 0 saturated carbocycles. The number of ether oxygens (including phenoxy) is 2. The fraction of sp³-hybridized carbons (Fsp3) is 0.381. The van der Waals surface area contributed by atoms with E-state index in [1.807, 2.05) is 37.3 Å². The van der Waals surface area contributed by atoms with Gasteiger partial charge in [-0.15, -0.1) is 0 Å². The molecule has 0 saturated heterocycles. The van der Waals surface area contributed by atoms with E-state index in [0.717, 1.165) is 23.4 Å². The number of aliphatic imine (C=N–C) groups is 1. The summed E-state index contributed by atoms with van der Waals surface area (Å²) in [5.41, 5.74) is 2.59. The number of halogens is 1. The van der Waals surface area contributed by atoms with Crippen LogP contribution >= 0.6 is 0 Å². The number of hydrogen-bond donors (Lipinski definition) is 2. The summed E-state index contributed by atoms with van der Waals surface area (Å²) in [6.45, 7) is 6.66. The van der Waals surface area contributed by atoms with Crippen LogP contribution in [0.25, 0.3) is 0 Å². The van der Waals surface area contributed by atoms with Gasteiger partial charge in [0.15, 0.2) is 5.96 Å². The van der Waals surface area contributed by atoms with E-state index in [2.05, 4.69) is 15.6 Å². The van der Waals surface area contributed by atoms with Gasteiger partial charge >= 0.3 is 0 Å². The molecule has 146 valence electrons. The first kappa shape index (κ1) is 20.7. The average molecular weight is 373 g/mol. The Kier molecular flexibility index (Phi) is 8.58. The summed E-state index contributed by atoms with van der Waals surface area (Å²) in [5.74, 6) is 1.31. The van der Waals surface area contributed by atoms with Crippen LogP contribution in [-0.4, -0.2) is 32.8 Å². The van der Waals surface area contributed by atoms with Gasteiger partial charge in [-0.25, -0.2) is 9.38 Å². The van der Waals surface area contributed by atoms with Crippen molar-refractivity contribution in [2.24, 2.45) is 4.99 Å². The van der Waals surface area contributed by atoms with Gasteiger partial charge in [0.2, 0.25) is 0 Å². The average Bonchev–Trinajstić information content (AvgIpc) is 2.68. The van der Waals surface area contributed by atoms with Crippen molar-refractivity contribution in [2.45, 2.75) is 26.9 Å². The summed E-state index contributed by atoms with van der Waals surface area (Å²) in [7, 11) is 1.65.